The van der Waals surface area contributed by atoms with Gasteiger partial charge in [0.25, 0.3) is 0 Å². The second kappa shape index (κ2) is 6.39. The van der Waals surface area contributed by atoms with Gasteiger partial charge in [0.05, 0.1) is 9.79 Å². The Balaban J connectivity index is 2.27. The Morgan fingerprint density at radius 1 is 0.900 bits per heavy atom. The second-order valence-electron chi connectivity index (χ2n) is 4.49. The second-order valence-corrected chi connectivity index (χ2v) is 6.88. The molecule has 0 amide bonds. The van der Waals surface area contributed by atoms with Crippen LogP contribution in [0.15, 0.2) is 58.3 Å². The normalized spacial score (nSPS) is 11.5. The Kier molecular flexibility index (Phi) is 4.81. The standard InChI is InChI=1S/C15H16ClNO2S/c16-13-5-9-15(10-6-13)20(18,19)14-7-3-12(4-8-14)2-1-11-17/h3-10H,1-2,11,17H2. The Morgan fingerprint density at radius 2 is 1.40 bits per heavy atom. The number of hydrogen-bond donors (Lipinski definition) is 1. The highest BCUT2D eigenvalue weighted by Gasteiger charge is 2.17. The molecule has 0 aliphatic carbocycles. The first-order valence-electron chi connectivity index (χ1n) is 6.34. The first-order chi connectivity index (χ1) is 9.54. The van der Waals surface area contributed by atoms with Crippen LogP contribution < -0.4 is 5.73 Å². The number of rotatable bonds is 5. The van der Waals surface area contributed by atoms with Crippen LogP contribution in [0.2, 0.25) is 5.02 Å². The third kappa shape index (κ3) is 3.39. The van der Waals surface area contributed by atoms with Gasteiger partial charge in [-0.15, -0.1) is 0 Å². The summed E-state index contributed by atoms with van der Waals surface area (Å²) in [7, 11) is -3.48. The van der Waals surface area contributed by atoms with Gasteiger partial charge < -0.3 is 5.73 Å². The Bertz CT molecular complexity index is 664. The van der Waals surface area contributed by atoms with Crippen LogP contribution in [-0.4, -0.2) is 15.0 Å². The predicted molar refractivity (Wildman–Crippen MR) is 80.7 cm³/mol. The molecule has 0 radical (unpaired) electrons. The van der Waals surface area contributed by atoms with Crippen LogP contribution in [0.5, 0.6) is 0 Å². The van der Waals surface area contributed by atoms with Crippen LogP contribution in [0.1, 0.15) is 12.0 Å². The number of aryl methyl sites for hydroxylation is 1. The molecule has 0 heterocycles. The van der Waals surface area contributed by atoms with E-state index >= 15 is 0 Å². The highest BCUT2D eigenvalue weighted by Crippen LogP contribution is 2.22. The minimum atomic E-state index is -3.48. The van der Waals surface area contributed by atoms with Crippen molar-refractivity contribution in [3.8, 4) is 0 Å². The maximum atomic E-state index is 12.4. The summed E-state index contributed by atoms with van der Waals surface area (Å²) in [4.78, 5) is 0.535. The number of halogens is 1. The van der Waals surface area contributed by atoms with Gasteiger partial charge in [-0.3, -0.25) is 0 Å². The topological polar surface area (TPSA) is 60.2 Å². The van der Waals surface area contributed by atoms with Crippen LogP contribution >= 0.6 is 11.6 Å². The van der Waals surface area contributed by atoms with Crippen molar-refractivity contribution < 1.29 is 8.42 Å². The smallest absolute Gasteiger partial charge is 0.206 e. The molecule has 2 N–H and O–H groups in total. The van der Waals surface area contributed by atoms with Gasteiger partial charge in [0.15, 0.2) is 0 Å². The van der Waals surface area contributed by atoms with E-state index in [9.17, 15) is 8.42 Å². The van der Waals surface area contributed by atoms with Gasteiger partial charge in [0, 0.05) is 5.02 Å². The maximum absolute atomic E-state index is 12.4. The highest BCUT2D eigenvalue weighted by molar-refractivity contribution is 7.91. The summed E-state index contributed by atoms with van der Waals surface area (Å²) in [5, 5.41) is 0.515. The lowest BCUT2D eigenvalue weighted by molar-refractivity contribution is 0.596. The Labute approximate surface area is 124 Å². The minimum absolute atomic E-state index is 0.247. The first kappa shape index (κ1) is 15.0. The van der Waals surface area contributed by atoms with Gasteiger partial charge >= 0.3 is 0 Å². The van der Waals surface area contributed by atoms with Crippen LogP contribution in [0.3, 0.4) is 0 Å². The van der Waals surface area contributed by atoms with Crippen molar-refractivity contribution in [1.82, 2.24) is 0 Å². The average molecular weight is 310 g/mol. The van der Waals surface area contributed by atoms with Crippen molar-refractivity contribution in [2.75, 3.05) is 6.54 Å². The highest BCUT2D eigenvalue weighted by atomic mass is 35.5. The largest absolute Gasteiger partial charge is 0.330 e. The molecule has 3 nitrogen and oxygen atoms in total. The SMILES string of the molecule is NCCCc1ccc(S(=O)(=O)c2ccc(Cl)cc2)cc1. The average Bonchev–Trinajstić information content (AvgIpc) is 2.46. The zero-order valence-electron chi connectivity index (χ0n) is 10.9. The fourth-order valence-corrected chi connectivity index (χ4v) is 3.28. The molecule has 0 atom stereocenters. The van der Waals surface area contributed by atoms with Crippen molar-refractivity contribution in [1.29, 1.82) is 0 Å². The van der Waals surface area contributed by atoms with Gasteiger partial charge in [-0.2, -0.15) is 0 Å². The molecule has 0 aliphatic rings. The molecule has 0 fully saturated rings. The van der Waals surface area contributed by atoms with E-state index in [0.29, 0.717) is 11.6 Å². The summed E-state index contributed by atoms with van der Waals surface area (Å²) in [5.74, 6) is 0. The summed E-state index contributed by atoms with van der Waals surface area (Å²) in [6, 6.07) is 13.1. The Hall–Kier alpha value is -1.36. The maximum Gasteiger partial charge on any atom is 0.206 e. The zero-order valence-corrected chi connectivity index (χ0v) is 12.5. The van der Waals surface area contributed by atoms with Gasteiger partial charge in [-0.1, -0.05) is 23.7 Å². The minimum Gasteiger partial charge on any atom is -0.330 e. The van der Waals surface area contributed by atoms with E-state index in [2.05, 4.69) is 0 Å². The van der Waals surface area contributed by atoms with E-state index in [-0.39, 0.29) is 9.79 Å². The molecule has 0 spiro atoms. The summed E-state index contributed by atoms with van der Waals surface area (Å²) < 4.78 is 24.8. The van der Waals surface area contributed by atoms with Crippen LogP contribution in [0.4, 0.5) is 0 Å². The Morgan fingerprint density at radius 3 is 1.90 bits per heavy atom. The molecule has 0 aliphatic heterocycles. The molecule has 2 aromatic carbocycles. The lowest BCUT2D eigenvalue weighted by Gasteiger charge is -2.06. The molecule has 0 saturated carbocycles. The van der Waals surface area contributed by atoms with Crippen molar-refractivity contribution in [3.05, 3.63) is 59.1 Å². The van der Waals surface area contributed by atoms with Crippen LogP contribution in [0.25, 0.3) is 0 Å². The fraction of sp³-hybridized carbons (Fsp3) is 0.200. The van der Waals surface area contributed by atoms with E-state index in [1.54, 1.807) is 24.3 Å². The fourth-order valence-electron chi connectivity index (χ4n) is 1.89. The van der Waals surface area contributed by atoms with E-state index in [1.807, 2.05) is 12.1 Å². The number of benzene rings is 2. The van der Waals surface area contributed by atoms with Crippen molar-refractivity contribution in [2.24, 2.45) is 5.73 Å². The lowest BCUT2D eigenvalue weighted by atomic mass is 10.1. The van der Waals surface area contributed by atoms with Gasteiger partial charge in [-0.25, -0.2) is 8.42 Å². The molecule has 0 unspecified atom stereocenters. The summed E-state index contributed by atoms with van der Waals surface area (Å²) >= 11 is 5.77. The quantitative estimate of drug-likeness (QED) is 0.923. The number of nitrogens with two attached hydrogens (primary N) is 1. The van der Waals surface area contributed by atoms with E-state index < -0.39 is 9.84 Å². The lowest BCUT2D eigenvalue weighted by Crippen LogP contribution is -2.03. The molecule has 106 valence electrons. The predicted octanol–water partition coefficient (Wildman–Crippen LogP) is 3.06. The molecule has 2 rings (SSSR count). The third-order valence-corrected chi connectivity index (χ3v) is 5.06. The van der Waals surface area contributed by atoms with E-state index in [4.69, 9.17) is 17.3 Å². The van der Waals surface area contributed by atoms with Gasteiger partial charge in [0.1, 0.15) is 0 Å². The summed E-state index contributed by atoms with van der Waals surface area (Å²) in [5.41, 5.74) is 6.55. The van der Waals surface area contributed by atoms with Crippen LogP contribution in [-0.2, 0) is 16.3 Å². The molecule has 0 saturated heterocycles. The van der Waals surface area contributed by atoms with Crippen molar-refractivity contribution >= 4 is 21.4 Å². The van der Waals surface area contributed by atoms with E-state index in [0.717, 1.165) is 18.4 Å². The molecule has 5 heteroatoms. The monoisotopic (exact) mass is 309 g/mol. The van der Waals surface area contributed by atoms with Crippen molar-refractivity contribution in [2.45, 2.75) is 22.6 Å². The molecule has 0 aromatic heterocycles. The molecule has 20 heavy (non-hydrogen) atoms. The molecular formula is C15H16ClNO2S. The zero-order chi connectivity index (χ0) is 14.6. The number of sulfone groups is 1. The first-order valence-corrected chi connectivity index (χ1v) is 8.20. The molecular weight excluding hydrogens is 294 g/mol. The molecule has 2 aromatic rings. The number of hydrogen-bond acceptors (Lipinski definition) is 3. The summed E-state index contributed by atoms with van der Waals surface area (Å²) in [6.45, 7) is 0.630. The van der Waals surface area contributed by atoms with Crippen molar-refractivity contribution in [3.63, 3.8) is 0 Å². The molecule has 0 bridgehead atoms. The summed E-state index contributed by atoms with van der Waals surface area (Å²) in [6.07, 6.45) is 1.75. The van der Waals surface area contributed by atoms with E-state index in [1.165, 1.54) is 12.1 Å². The third-order valence-electron chi connectivity index (χ3n) is 3.03. The van der Waals surface area contributed by atoms with Gasteiger partial charge in [0.2, 0.25) is 9.84 Å². The van der Waals surface area contributed by atoms with Gasteiger partial charge in [-0.05, 0) is 61.3 Å². The van der Waals surface area contributed by atoms with Crippen LogP contribution in [0, 0.1) is 0 Å².